The van der Waals surface area contributed by atoms with E-state index >= 15 is 0 Å². The molecule has 0 unspecified atom stereocenters. The third-order valence-corrected chi connectivity index (χ3v) is 8.11. The van der Waals surface area contributed by atoms with Crippen LogP contribution in [0.15, 0.2) is 29.3 Å². The number of piperidine rings is 1. The SMILES string of the molecule is COc1cc2c(cc1OC)C(C[C@H]1CCN3CCc4cc(OC)c(OC)cc4[C@@H]3[C@H]1C)=NCC2.Cl.Cl. The van der Waals surface area contributed by atoms with Crippen molar-refractivity contribution in [3.63, 3.8) is 0 Å². The van der Waals surface area contributed by atoms with Crippen molar-refractivity contribution in [1.29, 1.82) is 0 Å². The van der Waals surface area contributed by atoms with Gasteiger partial charge in [-0.3, -0.25) is 9.89 Å². The molecule has 0 radical (unpaired) electrons. The van der Waals surface area contributed by atoms with Crippen LogP contribution in [0.3, 0.4) is 0 Å². The summed E-state index contributed by atoms with van der Waals surface area (Å²) < 4.78 is 22.4. The van der Waals surface area contributed by atoms with Gasteiger partial charge in [-0.05, 0) is 85.0 Å². The highest BCUT2D eigenvalue weighted by molar-refractivity contribution is 6.03. The van der Waals surface area contributed by atoms with Crippen LogP contribution < -0.4 is 18.9 Å². The van der Waals surface area contributed by atoms with E-state index in [1.54, 1.807) is 28.4 Å². The van der Waals surface area contributed by atoms with E-state index in [2.05, 4.69) is 36.1 Å². The van der Waals surface area contributed by atoms with Crippen molar-refractivity contribution < 1.29 is 18.9 Å². The Bertz CT molecular complexity index is 1110. The van der Waals surface area contributed by atoms with Crippen molar-refractivity contribution in [3.05, 3.63) is 46.5 Å². The molecule has 198 valence electrons. The van der Waals surface area contributed by atoms with Gasteiger partial charge in [-0.25, -0.2) is 0 Å². The lowest BCUT2D eigenvalue weighted by Crippen LogP contribution is -2.46. The number of benzene rings is 2. The van der Waals surface area contributed by atoms with Gasteiger partial charge in [-0.1, -0.05) is 6.92 Å². The fraction of sp³-hybridized carbons (Fsp3) is 0.536. The van der Waals surface area contributed by atoms with Crippen LogP contribution in [0.5, 0.6) is 23.0 Å². The van der Waals surface area contributed by atoms with Gasteiger partial charge in [-0.2, -0.15) is 0 Å². The number of methoxy groups -OCH3 is 4. The van der Waals surface area contributed by atoms with Gasteiger partial charge in [0.05, 0.1) is 28.4 Å². The zero-order chi connectivity index (χ0) is 23.8. The molecular formula is C28H38Cl2N2O4. The molecule has 3 aliphatic heterocycles. The van der Waals surface area contributed by atoms with Gasteiger partial charge in [0.15, 0.2) is 23.0 Å². The first kappa shape index (κ1) is 28.4. The molecule has 3 atom stereocenters. The predicted molar refractivity (Wildman–Crippen MR) is 149 cm³/mol. The first-order chi connectivity index (χ1) is 16.6. The maximum Gasteiger partial charge on any atom is 0.161 e. The Morgan fingerprint density at radius 2 is 1.42 bits per heavy atom. The second-order valence-corrected chi connectivity index (χ2v) is 9.69. The molecule has 1 saturated heterocycles. The summed E-state index contributed by atoms with van der Waals surface area (Å²) in [6.45, 7) is 5.49. The number of nitrogens with zero attached hydrogens (tertiary/aromatic N) is 2. The van der Waals surface area contributed by atoms with E-state index in [0.29, 0.717) is 17.9 Å². The highest BCUT2D eigenvalue weighted by atomic mass is 35.5. The van der Waals surface area contributed by atoms with Crippen LogP contribution in [0, 0.1) is 11.8 Å². The molecule has 3 aliphatic rings. The molecule has 8 heteroatoms. The Balaban J connectivity index is 0.00000180. The van der Waals surface area contributed by atoms with E-state index in [1.165, 1.54) is 34.4 Å². The molecule has 1 fully saturated rings. The minimum Gasteiger partial charge on any atom is -0.493 e. The minimum atomic E-state index is 0. The van der Waals surface area contributed by atoms with E-state index in [9.17, 15) is 0 Å². The Morgan fingerprint density at radius 3 is 2.08 bits per heavy atom. The first-order valence-electron chi connectivity index (χ1n) is 12.3. The second kappa shape index (κ2) is 11.9. The Morgan fingerprint density at radius 1 is 0.806 bits per heavy atom. The molecule has 5 rings (SSSR count). The monoisotopic (exact) mass is 536 g/mol. The van der Waals surface area contributed by atoms with Crippen LogP contribution in [0.1, 0.15) is 48.1 Å². The lowest BCUT2D eigenvalue weighted by atomic mass is 9.72. The number of halogens is 2. The molecule has 0 saturated carbocycles. The third kappa shape index (κ3) is 5.00. The van der Waals surface area contributed by atoms with Gasteiger partial charge in [0, 0.05) is 30.4 Å². The van der Waals surface area contributed by atoms with Crippen LogP contribution in [0.4, 0.5) is 0 Å². The fourth-order valence-corrected chi connectivity index (χ4v) is 6.25. The van der Waals surface area contributed by atoms with Gasteiger partial charge in [0.1, 0.15) is 0 Å². The summed E-state index contributed by atoms with van der Waals surface area (Å²) in [6, 6.07) is 9.05. The predicted octanol–water partition coefficient (Wildman–Crippen LogP) is 5.56. The quantitative estimate of drug-likeness (QED) is 0.484. The smallest absolute Gasteiger partial charge is 0.161 e. The summed E-state index contributed by atoms with van der Waals surface area (Å²) in [5.74, 6) is 4.31. The number of aliphatic imine (C=N–C) groups is 1. The highest BCUT2D eigenvalue weighted by Crippen LogP contribution is 2.47. The van der Waals surface area contributed by atoms with Crippen LogP contribution in [0.2, 0.25) is 0 Å². The largest absolute Gasteiger partial charge is 0.493 e. The molecule has 6 nitrogen and oxygen atoms in total. The van der Waals surface area contributed by atoms with Gasteiger partial charge < -0.3 is 18.9 Å². The van der Waals surface area contributed by atoms with Crippen molar-refractivity contribution in [2.45, 2.75) is 38.6 Å². The molecule has 0 amide bonds. The van der Waals surface area contributed by atoms with E-state index in [1.807, 2.05) is 0 Å². The molecule has 2 aromatic carbocycles. The van der Waals surface area contributed by atoms with E-state index < -0.39 is 0 Å². The third-order valence-electron chi connectivity index (χ3n) is 8.11. The summed E-state index contributed by atoms with van der Waals surface area (Å²) in [5.41, 5.74) is 6.56. The lowest BCUT2D eigenvalue weighted by Gasteiger charge is -2.48. The van der Waals surface area contributed by atoms with Gasteiger partial charge in [-0.15, -0.1) is 24.8 Å². The van der Waals surface area contributed by atoms with Crippen LogP contribution in [-0.4, -0.2) is 58.7 Å². The van der Waals surface area contributed by atoms with Gasteiger partial charge >= 0.3 is 0 Å². The normalized spacial score (nSPS) is 22.5. The summed E-state index contributed by atoms with van der Waals surface area (Å²) in [5, 5.41) is 0. The van der Waals surface area contributed by atoms with Gasteiger partial charge in [0.25, 0.3) is 0 Å². The van der Waals surface area contributed by atoms with E-state index in [-0.39, 0.29) is 24.8 Å². The maximum atomic E-state index is 5.66. The van der Waals surface area contributed by atoms with Crippen molar-refractivity contribution in [2.24, 2.45) is 16.8 Å². The molecule has 0 aliphatic carbocycles. The summed E-state index contributed by atoms with van der Waals surface area (Å²) >= 11 is 0. The molecule has 0 bridgehead atoms. The van der Waals surface area contributed by atoms with Crippen LogP contribution in [0.25, 0.3) is 0 Å². The Kier molecular flexibility index (Phi) is 9.42. The number of hydrogen-bond acceptors (Lipinski definition) is 6. The molecule has 2 aromatic rings. The van der Waals surface area contributed by atoms with E-state index in [0.717, 1.165) is 61.9 Å². The molecule has 0 aromatic heterocycles. The Labute approximate surface area is 227 Å². The number of fused-ring (bicyclic) bond motifs is 4. The fourth-order valence-electron chi connectivity index (χ4n) is 6.25. The second-order valence-electron chi connectivity index (χ2n) is 9.69. The van der Waals surface area contributed by atoms with E-state index in [4.69, 9.17) is 23.9 Å². The minimum absolute atomic E-state index is 0. The molecule has 0 spiro atoms. The number of rotatable bonds is 6. The van der Waals surface area contributed by atoms with Crippen LogP contribution in [-0.2, 0) is 12.8 Å². The molecule has 3 heterocycles. The standard InChI is InChI=1S/C28H36N2O4.2ClH/c1-17-18(12-23-21-15-26(33-4)24(31-2)13-19(21)6-9-29-23)7-10-30-11-8-20-14-25(32-3)27(34-5)16-22(20)28(17)30;;/h13-18,28H,6-12H2,1-5H3;2*1H/t17-,18+,28-;;/m0../s1. The average Bonchev–Trinajstić information content (AvgIpc) is 2.88. The molecule has 36 heavy (non-hydrogen) atoms. The highest BCUT2D eigenvalue weighted by Gasteiger charge is 2.40. The summed E-state index contributed by atoms with van der Waals surface area (Å²) in [7, 11) is 6.83. The number of hydrogen-bond donors (Lipinski definition) is 0. The zero-order valence-electron chi connectivity index (χ0n) is 21.8. The van der Waals surface area contributed by atoms with Crippen LogP contribution >= 0.6 is 24.8 Å². The van der Waals surface area contributed by atoms with Crippen molar-refractivity contribution >= 4 is 30.5 Å². The first-order valence-corrected chi connectivity index (χ1v) is 12.3. The summed E-state index contributed by atoms with van der Waals surface area (Å²) in [6.07, 6.45) is 4.20. The van der Waals surface area contributed by atoms with Crippen molar-refractivity contribution in [1.82, 2.24) is 4.90 Å². The van der Waals surface area contributed by atoms with Crippen molar-refractivity contribution in [2.75, 3.05) is 48.1 Å². The van der Waals surface area contributed by atoms with Crippen molar-refractivity contribution in [3.8, 4) is 23.0 Å². The summed E-state index contributed by atoms with van der Waals surface area (Å²) in [4.78, 5) is 7.67. The zero-order valence-corrected chi connectivity index (χ0v) is 23.5. The molecule has 0 N–H and O–H groups in total. The topological polar surface area (TPSA) is 52.5 Å². The van der Waals surface area contributed by atoms with Gasteiger partial charge in [0.2, 0.25) is 0 Å². The Hall–Kier alpha value is -2.15. The maximum absolute atomic E-state index is 5.66. The number of ether oxygens (including phenoxy) is 4. The average molecular weight is 538 g/mol. The molecular weight excluding hydrogens is 499 g/mol. The lowest BCUT2D eigenvalue weighted by molar-refractivity contribution is 0.0512.